The minimum atomic E-state index is 0.307. The molecule has 3 aromatic heterocycles. The van der Waals surface area contributed by atoms with E-state index in [1.807, 2.05) is 28.9 Å². The van der Waals surface area contributed by atoms with Crippen molar-refractivity contribution in [3.05, 3.63) is 77.7 Å². The van der Waals surface area contributed by atoms with E-state index in [-0.39, 0.29) is 0 Å². The van der Waals surface area contributed by atoms with Crippen molar-refractivity contribution in [3.8, 4) is 11.3 Å². The van der Waals surface area contributed by atoms with Crippen LogP contribution in [-0.4, -0.2) is 51.1 Å². The summed E-state index contributed by atoms with van der Waals surface area (Å²) in [6.07, 6.45) is 6.87. The van der Waals surface area contributed by atoms with Crippen LogP contribution in [0.5, 0.6) is 0 Å². The monoisotopic (exact) mass is 424 g/mol. The third-order valence-electron chi connectivity index (χ3n) is 6.17. The lowest BCUT2D eigenvalue weighted by molar-refractivity contribution is 0.0987. The van der Waals surface area contributed by atoms with E-state index in [4.69, 9.17) is 14.8 Å². The summed E-state index contributed by atoms with van der Waals surface area (Å²) >= 11 is 0. The maximum absolute atomic E-state index is 5.83. The lowest BCUT2D eigenvalue weighted by atomic mass is 10.1. The molecule has 1 aromatic carbocycles. The number of ether oxygens (including phenoxy) is 1. The van der Waals surface area contributed by atoms with Gasteiger partial charge in [0.15, 0.2) is 5.65 Å². The Morgan fingerprint density at radius 3 is 2.84 bits per heavy atom. The van der Waals surface area contributed by atoms with Crippen LogP contribution < -0.4 is 4.90 Å². The number of nitrogens with zero attached hydrogens (tertiary/aromatic N) is 6. The lowest BCUT2D eigenvalue weighted by Gasteiger charge is -2.29. The van der Waals surface area contributed by atoms with E-state index in [1.165, 1.54) is 5.56 Å². The highest BCUT2D eigenvalue weighted by Gasteiger charge is 2.40. The molecule has 32 heavy (non-hydrogen) atoms. The third kappa shape index (κ3) is 3.54. The Morgan fingerprint density at radius 2 is 2.06 bits per heavy atom. The molecule has 2 aliphatic heterocycles. The second kappa shape index (κ2) is 7.84. The second-order valence-electron chi connectivity index (χ2n) is 8.52. The van der Waals surface area contributed by atoms with Gasteiger partial charge >= 0.3 is 0 Å². The third-order valence-corrected chi connectivity index (χ3v) is 6.17. The molecule has 5 heterocycles. The summed E-state index contributed by atoms with van der Waals surface area (Å²) in [6.45, 7) is 4.27. The van der Waals surface area contributed by atoms with E-state index < -0.39 is 0 Å². The van der Waals surface area contributed by atoms with Gasteiger partial charge in [-0.1, -0.05) is 29.8 Å². The van der Waals surface area contributed by atoms with Gasteiger partial charge in [-0.3, -0.25) is 9.98 Å². The van der Waals surface area contributed by atoms with Crippen molar-refractivity contribution >= 4 is 17.7 Å². The van der Waals surface area contributed by atoms with Gasteiger partial charge in [0.25, 0.3) is 0 Å². The second-order valence-corrected chi connectivity index (χ2v) is 8.52. The minimum Gasteiger partial charge on any atom is -0.374 e. The number of aromatic nitrogens is 4. The lowest BCUT2D eigenvalue weighted by Crippen LogP contribution is -2.38. The van der Waals surface area contributed by atoms with Crippen LogP contribution in [0.25, 0.3) is 16.9 Å². The minimum absolute atomic E-state index is 0.307. The summed E-state index contributed by atoms with van der Waals surface area (Å²) in [5, 5.41) is 4.90. The first kappa shape index (κ1) is 19.1. The number of morpholine rings is 1. The number of rotatable bonds is 5. The molecule has 2 aliphatic rings. The molecule has 0 N–H and O–H groups in total. The number of anilines is 1. The first-order valence-electron chi connectivity index (χ1n) is 11.0. The zero-order valence-electron chi connectivity index (χ0n) is 17.9. The summed E-state index contributed by atoms with van der Waals surface area (Å²) in [4.78, 5) is 16.1. The van der Waals surface area contributed by atoms with Gasteiger partial charge < -0.3 is 9.64 Å². The van der Waals surface area contributed by atoms with Crippen molar-refractivity contribution in [2.45, 2.75) is 32.0 Å². The summed E-state index contributed by atoms with van der Waals surface area (Å²) in [5.41, 5.74) is 6.01. The molecule has 2 fully saturated rings. The summed E-state index contributed by atoms with van der Waals surface area (Å²) in [5.74, 6) is 1.06. The average molecular weight is 425 g/mol. The number of aliphatic imine (C=N–C) groups is 1. The molecule has 2 saturated heterocycles. The molecule has 7 nitrogen and oxygen atoms in total. The Labute approximate surface area is 186 Å². The number of fused-ring (bicyclic) bond motifs is 3. The number of hydrogen-bond donors (Lipinski definition) is 0. The highest BCUT2D eigenvalue weighted by molar-refractivity contribution is 5.79. The molecule has 0 spiro atoms. The molecular formula is C25H24N6O. The number of hydrogen-bond acceptors (Lipinski definition) is 6. The van der Waals surface area contributed by atoms with Gasteiger partial charge in [0.05, 0.1) is 36.7 Å². The van der Waals surface area contributed by atoms with Crippen LogP contribution >= 0.6 is 0 Å². The van der Waals surface area contributed by atoms with Crippen LogP contribution in [0.1, 0.15) is 23.2 Å². The van der Waals surface area contributed by atoms with Crippen molar-refractivity contribution < 1.29 is 4.74 Å². The standard InChI is InChI=1S/C25H24N6O/c1-17-3-2-4-18(9-17)13-27-14-20-10-25(30-15-22-11-21(30)16-32-22)31-24(28-20)12-23(29-31)19-5-7-26-8-6-19/h2-10,12-13,21-22H,11,14-16H2,1H3/t21-,22?/m1/s1. The Balaban J connectivity index is 1.38. The molecule has 2 bridgehead atoms. The highest BCUT2D eigenvalue weighted by Crippen LogP contribution is 2.33. The van der Waals surface area contributed by atoms with Gasteiger partial charge in [-0.15, -0.1) is 0 Å². The molecule has 7 heteroatoms. The van der Waals surface area contributed by atoms with Gasteiger partial charge in [0, 0.05) is 42.8 Å². The maximum Gasteiger partial charge on any atom is 0.158 e. The van der Waals surface area contributed by atoms with Gasteiger partial charge in [0.1, 0.15) is 5.82 Å². The number of benzene rings is 1. The first-order chi connectivity index (χ1) is 15.7. The summed E-state index contributed by atoms with van der Waals surface area (Å²) < 4.78 is 7.79. The summed E-state index contributed by atoms with van der Waals surface area (Å²) in [7, 11) is 0. The fourth-order valence-corrected chi connectivity index (χ4v) is 4.63. The molecule has 6 rings (SSSR count). The topological polar surface area (TPSA) is 67.9 Å². The normalized spacial score (nSPS) is 20.1. The van der Waals surface area contributed by atoms with Crippen molar-refractivity contribution in [2.24, 2.45) is 4.99 Å². The average Bonchev–Trinajstić information content (AvgIpc) is 3.55. The van der Waals surface area contributed by atoms with Crippen LogP contribution in [-0.2, 0) is 11.3 Å². The molecule has 0 amide bonds. The predicted octanol–water partition coefficient (Wildman–Crippen LogP) is 3.70. The number of pyridine rings is 1. The summed E-state index contributed by atoms with van der Waals surface area (Å²) in [6, 6.07) is 16.8. The van der Waals surface area contributed by atoms with Gasteiger partial charge in [-0.2, -0.15) is 9.61 Å². The SMILES string of the molecule is Cc1cccc(C=NCc2cc(N3CC4C[C@@H]3CO4)n3nc(-c4ccncc4)cc3n2)c1. The molecule has 0 aliphatic carbocycles. The highest BCUT2D eigenvalue weighted by atomic mass is 16.5. The molecular weight excluding hydrogens is 400 g/mol. The van der Waals surface area contributed by atoms with Crippen LogP contribution in [0, 0.1) is 6.92 Å². The number of aryl methyl sites for hydroxylation is 1. The predicted molar refractivity (Wildman–Crippen MR) is 124 cm³/mol. The van der Waals surface area contributed by atoms with Gasteiger partial charge in [-0.05, 0) is 31.0 Å². The van der Waals surface area contributed by atoms with Crippen molar-refractivity contribution in [1.29, 1.82) is 0 Å². The van der Waals surface area contributed by atoms with Crippen LogP contribution in [0.4, 0.5) is 5.82 Å². The van der Waals surface area contributed by atoms with E-state index in [9.17, 15) is 0 Å². The Bertz CT molecular complexity index is 1300. The van der Waals surface area contributed by atoms with E-state index in [2.05, 4.69) is 52.1 Å². The largest absolute Gasteiger partial charge is 0.374 e. The zero-order valence-corrected chi connectivity index (χ0v) is 17.9. The Kier molecular flexibility index (Phi) is 4.69. The van der Waals surface area contributed by atoms with Gasteiger partial charge in [0.2, 0.25) is 0 Å². The molecule has 4 aromatic rings. The molecule has 1 unspecified atom stereocenters. The van der Waals surface area contributed by atoms with Crippen LogP contribution in [0.3, 0.4) is 0 Å². The van der Waals surface area contributed by atoms with E-state index in [0.717, 1.165) is 53.6 Å². The Hall–Kier alpha value is -3.58. The first-order valence-corrected chi connectivity index (χ1v) is 11.0. The van der Waals surface area contributed by atoms with E-state index in [1.54, 1.807) is 12.4 Å². The quantitative estimate of drug-likeness (QED) is 0.457. The molecule has 2 atom stereocenters. The van der Waals surface area contributed by atoms with E-state index in [0.29, 0.717) is 18.7 Å². The Morgan fingerprint density at radius 1 is 1.16 bits per heavy atom. The van der Waals surface area contributed by atoms with Crippen LogP contribution in [0.2, 0.25) is 0 Å². The molecule has 0 radical (unpaired) electrons. The molecule has 160 valence electrons. The smallest absolute Gasteiger partial charge is 0.158 e. The van der Waals surface area contributed by atoms with Crippen LogP contribution in [0.15, 0.2) is 65.9 Å². The maximum atomic E-state index is 5.83. The van der Waals surface area contributed by atoms with Crippen molar-refractivity contribution in [2.75, 3.05) is 18.1 Å². The fourth-order valence-electron chi connectivity index (χ4n) is 4.63. The fraction of sp³-hybridized carbons (Fsp3) is 0.280. The van der Waals surface area contributed by atoms with Crippen molar-refractivity contribution in [3.63, 3.8) is 0 Å². The zero-order chi connectivity index (χ0) is 21.5. The van der Waals surface area contributed by atoms with Gasteiger partial charge in [-0.25, -0.2) is 4.98 Å². The molecule has 0 saturated carbocycles. The van der Waals surface area contributed by atoms with E-state index >= 15 is 0 Å². The van der Waals surface area contributed by atoms with Crippen molar-refractivity contribution in [1.82, 2.24) is 19.6 Å².